The quantitative estimate of drug-likeness (QED) is 0.801. The van der Waals surface area contributed by atoms with Crippen LogP contribution in [0.2, 0.25) is 5.02 Å². The molecule has 28 heavy (non-hydrogen) atoms. The van der Waals surface area contributed by atoms with Crippen LogP contribution < -0.4 is 10.1 Å². The van der Waals surface area contributed by atoms with Gasteiger partial charge in [-0.05, 0) is 42.0 Å². The average Bonchev–Trinajstić information content (AvgIpc) is 2.70. The van der Waals surface area contributed by atoms with Crippen LogP contribution in [0.1, 0.15) is 5.56 Å². The zero-order valence-corrected chi connectivity index (χ0v) is 15.9. The van der Waals surface area contributed by atoms with Crippen LogP contribution >= 0.6 is 11.6 Å². The van der Waals surface area contributed by atoms with E-state index in [1.807, 2.05) is 0 Å². The van der Waals surface area contributed by atoms with Crippen molar-refractivity contribution in [2.75, 3.05) is 38.2 Å². The molecule has 1 heterocycles. The Hall–Kier alpha value is -2.64. The van der Waals surface area contributed by atoms with Crippen molar-refractivity contribution in [1.29, 1.82) is 0 Å². The van der Waals surface area contributed by atoms with Gasteiger partial charge in [-0.1, -0.05) is 17.7 Å². The van der Waals surface area contributed by atoms with Gasteiger partial charge in [-0.15, -0.1) is 0 Å². The van der Waals surface area contributed by atoms with Gasteiger partial charge < -0.3 is 19.7 Å². The number of nitrogens with zero attached hydrogens (tertiary/aromatic N) is 1. The van der Waals surface area contributed by atoms with Crippen LogP contribution in [-0.2, 0) is 20.7 Å². The first-order valence-corrected chi connectivity index (χ1v) is 9.21. The summed E-state index contributed by atoms with van der Waals surface area (Å²) in [6, 6.07) is 10.6. The molecule has 2 amide bonds. The van der Waals surface area contributed by atoms with Crippen molar-refractivity contribution < 1.29 is 23.5 Å². The molecule has 1 N–H and O–H groups in total. The van der Waals surface area contributed by atoms with Gasteiger partial charge in [0, 0.05) is 23.8 Å². The first kappa shape index (κ1) is 20.1. The molecule has 2 aromatic carbocycles. The van der Waals surface area contributed by atoms with Gasteiger partial charge in [0.15, 0.2) is 6.61 Å². The van der Waals surface area contributed by atoms with Crippen molar-refractivity contribution in [3.8, 4) is 5.75 Å². The number of hydrogen-bond donors (Lipinski definition) is 1. The summed E-state index contributed by atoms with van der Waals surface area (Å²) in [5.41, 5.74) is 1.12. The molecule has 0 bridgehead atoms. The lowest BCUT2D eigenvalue weighted by Crippen LogP contribution is -2.42. The molecule has 2 aromatic rings. The third kappa shape index (κ3) is 5.68. The van der Waals surface area contributed by atoms with Crippen molar-refractivity contribution in [1.82, 2.24) is 4.90 Å². The average molecular weight is 407 g/mol. The predicted octanol–water partition coefficient (Wildman–Crippen LogP) is 2.90. The lowest BCUT2D eigenvalue weighted by atomic mass is 10.1. The second kappa shape index (κ2) is 9.52. The predicted molar refractivity (Wildman–Crippen MR) is 103 cm³/mol. The highest BCUT2D eigenvalue weighted by molar-refractivity contribution is 6.31. The summed E-state index contributed by atoms with van der Waals surface area (Å²) in [5, 5.41) is 2.95. The largest absolute Gasteiger partial charge is 0.484 e. The minimum absolute atomic E-state index is 0.0332. The second-order valence-electron chi connectivity index (χ2n) is 6.27. The van der Waals surface area contributed by atoms with Crippen LogP contribution in [0, 0.1) is 5.82 Å². The Balaban J connectivity index is 1.48. The Kier molecular flexibility index (Phi) is 6.84. The molecule has 1 fully saturated rings. The highest BCUT2D eigenvalue weighted by atomic mass is 35.5. The molecule has 0 saturated carbocycles. The van der Waals surface area contributed by atoms with Crippen LogP contribution in [0.15, 0.2) is 42.5 Å². The van der Waals surface area contributed by atoms with Crippen molar-refractivity contribution in [3.63, 3.8) is 0 Å². The number of anilines is 1. The number of benzene rings is 2. The van der Waals surface area contributed by atoms with E-state index in [0.29, 0.717) is 43.3 Å². The van der Waals surface area contributed by atoms with Gasteiger partial charge in [0.1, 0.15) is 11.6 Å². The smallest absolute Gasteiger partial charge is 0.260 e. The molecule has 0 atom stereocenters. The topological polar surface area (TPSA) is 67.9 Å². The van der Waals surface area contributed by atoms with Gasteiger partial charge in [0.25, 0.3) is 5.91 Å². The fourth-order valence-corrected chi connectivity index (χ4v) is 2.96. The minimum Gasteiger partial charge on any atom is -0.484 e. The Morgan fingerprint density at radius 2 is 1.86 bits per heavy atom. The maximum atomic E-state index is 13.1. The normalized spacial score (nSPS) is 13.9. The number of halogens is 2. The summed E-state index contributed by atoms with van der Waals surface area (Å²) in [7, 11) is 0. The van der Waals surface area contributed by atoms with Crippen molar-refractivity contribution in [3.05, 3.63) is 58.9 Å². The summed E-state index contributed by atoms with van der Waals surface area (Å²) in [4.78, 5) is 25.9. The number of carbonyl (C=O) groups is 2. The van der Waals surface area contributed by atoms with Gasteiger partial charge in [0.05, 0.1) is 19.6 Å². The molecule has 8 heteroatoms. The summed E-state index contributed by atoms with van der Waals surface area (Å²) < 4.78 is 23.8. The van der Waals surface area contributed by atoms with Gasteiger partial charge in [-0.2, -0.15) is 0 Å². The van der Waals surface area contributed by atoms with Crippen LogP contribution in [0.5, 0.6) is 5.75 Å². The third-order valence-corrected chi connectivity index (χ3v) is 4.58. The van der Waals surface area contributed by atoms with E-state index in [0.717, 1.165) is 0 Å². The molecular weight excluding hydrogens is 387 g/mol. The fraction of sp³-hybridized carbons (Fsp3) is 0.300. The van der Waals surface area contributed by atoms with Crippen LogP contribution in [-0.4, -0.2) is 49.6 Å². The SMILES string of the molecule is O=C(Cc1ccc(F)cc1Cl)Nc1ccc(OCC(=O)N2CCOCC2)cc1. The summed E-state index contributed by atoms with van der Waals surface area (Å²) >= 11 is 5.94. The lowest BCUT2D eigenvalue weighted by molar-refractivity contribution is -0.137. The molecule has 1 aliphatic heterocycles. The fourth-order valence-electron chi connectivity index (χ4n) is 2.73. The summed E-state index contributed by atoms with van der Waals surface area (Å²) in [6.45, 7) is 2.19. The van der Waals surface area contributed by atoms with Gasteiger partial charge >= 0.3 is 0 Å². The van der Waals surface area contributed by atoms with E-state index >= 15 is 0 Å². The van der Waals surface area contributed by atoms with Crippen molar-refractivity contribution in [2.45, 2.75) is 6.42 Å². The van der Waals surface area contributed by atoms with Gasteiger partial charge in [-0.3, -0.25) is 9.59 Å². The van der Waals surface area contributed by atoms with Crippen LogP contribution in [0.3, 0.4) is 0 Å². The number of carbonyl (C=O) groups excluding carboxylic acids is 2. The molecule has 0 radical (unpaired) electrons. The van der Waals surface area contributed by atoms with E-state index in [4.69, 9.17) is 21.1 Å². The Bertz CT molecular complexity index is 839. The van der Waals surface area contributed by atoms with E-state index in [-0.39, 0.29) is 29.9 Å². The number of amides is 2. The first-order valence-electron chi connectivity index (χ1n) is 8.83. The number of hydrogen-bond acceptors (Lipinski definition) is 4. The standard InChI is InChI=1S/C20H20ClFN2O4/c21-18-12-15(22)2-1-14(18)11-19(25)23-16-3-5-17(6-4-16)28-13-20(26)24-7-9-27-10-8-24/h1-6,12H,7-11,13H2,(H,23,25). The summed E-state index contributed by atoms with van der Waals surface area (Å²) in [5.74, 6) is -0.278. The Labute approximate surface area is 167 Å². The molecule has 1 saturated heterocycles. The summed E-state index contributed by atoms with van der Waals surface area (Å²) in [6.07, 6.45) is 0.0332. The number of ether oxygens (including phenoxy) is 2. The zero-order chi connectivity index (χ0) is 19.9. The van der Waals surface area contributed by atoms with Crippen LogP contribution in [0.25, 0.3) is 0 Å². The molecule has 0 unspecified atom stereocenters. The van der Waals surface area contributed by atoms with Crippen molar-refractivity contribution >= 4 is 29.1 Å². The molecule has 3 rings (SSSR count). The number of morpholine rings is 1. The van der Waals surface area contributed by atoms with E-state index in [1.165, 1.54) is 18.2 Å². The molecule has 1 aliphatic rings. The highest BCUT2D eigenvalue weighted by Gasteiger charge is 2.17. The molecular formula is C20H20ClFN2O4. The Morgan fingerprint density at radius 1 is 1.14 bits per heavy atom. The monoisotopic (exact) mass is 406 g/mol. The van der Waals surface area contributed by atoms with E-state index in [2.05, 4.69) is 5.32 Å². The minimum atomic E-state index is -0.447. The van der Waals surface area contributed by atoms with E-state index in [9.17, 15) is 14.0 Å². The van der Waals surface area contributed by atoms with Crippen molar-refractivity contribution in [2.24, 2.45) is 0 Å². The lowest BCUT2D eigenvalue weighted by Gasteiger charge is -2.26. The number of nitrogens with one attached hydrogen (secondary N) is 1. The molecule has 6 nitrogen and oxygen atoms in total. The third-order valence-electron chi connectivity index (χ3n) is 4.23. The Morgan fingerprint density at radius 3 is 2.54 bits per heavy atom. The van der Waals surface area contributed by atoms with Gasteiger partial charge in [0.2, 0.25) is 5.91 Å². The molecule has 0 aliphatic carbocycles. The first-order chi connectivity index (χ1) is 13.5. The molecule has 0 aromatic heterocycles. The highest BCUT2D eigenvalue weighted by Crippen LogP contribution is 2.19. The number of rotatable bonds is 6. The molecule has 0 spiro atoms. The second-order valence-corrected chi connectivity index (χ2v) is 6.67. The molecule has 148 valence electrons. The van der Waals surface area contributed by atoms with Gasteiger partial charge in [-0.25, -0.2) is 4.39 Å². The maximum absolute atomic E-state index is 13.1. The van der Waals surface area contributed by atoms with Crippen LogP contribution in [0.4, 0.5) is 10.1 Å². The van der Waals surface area contributed by atoms with E-state index < -0.39 is 5.82 Å². The van der Waals surface area contributed by atoms with E-state index in [1.54, 1.807) is 29.2 Å². The maximum Gasteiger partial charge on any atom is 0.260 e. The zero-order valence-electron chi connectivity index (χ0n) is 15.1.